The molecule has 0 bridgehead atoms. The predicted molar refractivity (Wildman–Crippen MR) is 102 cm³/mol. The van der Waals surface area contributed by atoms with Crippen LogP contribution in [-0.2, 0) is 20.1 Å². The van der Waals surface area contributed by atoms with Crippen LogP contribution in [0.5, 0.6) is 0 Å². The summed E-state index contributed by atoms with van der Waals surface area (Å²) in [5.74, 6) is 1.70. The molecule has 134 valence electrons. The summed E-state index contributed by atoms with van der Waals surface area (Å²) in [7, 11) is 1.99. The van der Waals surface area contributed by atoms with E-state index in [9.17, 15) is 0 Å². The van der Waals surface area contributed by atoms with Crippen molar-refractivity contribution in [1.29, 1.82) is 0 Å². The normalized spacial score (nSPS) is 17.1. The average molecular weight is 348 g/mol. The molecule has 0 spiro atoms. The maximum atomic E-state index is 4.70. The third kappa shape index (κ3) is 3.60. The van der Waals surface area contributed by atoms with Crippen molar-refractivity contribution >= 4 is 5.82 Å². The molecule has 6 heteroatoms. The van der Waals surface area contributed by atoms with Gasteiger partial charge in [0.2, 0.25) is 0 Å². The summed E-state index contributed by atoms with van der Waals surface area (Å²) < 4.78 is 1.94. The minimum absolute atomic E-state index is 0.351. The van der Waals surface area contributed by atoms with E-state index in [0.29, 0.717) is 6.04 Å². The van der Waals surface area contributed by atoms with Gasteiger partial charge in [0.25, 0.3) is 0 Å². The van der Waals surface area contributed by atoms with Crippen molar-refractivity contribution in [3.8, 4) is 0 Å². The summed E-state index contributed by atoms with van der Waals surface area (Å²) in [5, 5.41) is 7.69. The van der Waals surface area contributed by atoms with Crippen molar-refractivity contribution in [1.82, 2.24) is 24.6 Å². The number of nitrogens with zero attached hydrogens (tertiary/aromatic N) is 5. The second-order valence-electron chi connectivity index (χ2n) is 6.79. The Morgan fingerprint density at radius 2 is 2.00 bits per heavy atom. The van der Waals surface area contributed by atoms with E-state index in [0.717, 1.165) is 43.4 Å². The first-order chi connectivity index (χ1) is 12.7. The molecule has 3 heterocycles. The van der Waals surface area contributed by atoms with E-state index in [-0.39, 0.29) is 0 Å². The van der Waals surface area contributed by atoms with Crippen LogP contribution in [0.1, 0.15) is 35.2 Å². The van der Waals surface area contributed by atoms with Gasteiger partial charge >= 0.3 is 0 Å². The first-order valence-corrected chi connectivity index (χ1v) is 9.03. The molecule has 3 aromatic rings. The van der Waals surface area contributed by atoms with Crippen LogP contribution in [0.4, 0.5) is 5.82 Å². The zero-order valence-electron chi connectivity index (χ0n) is 15.3. The Kier molecular flexibility index (Phi) is 4.67. The van der Waals surface area contributed by atoms with Gasteiger partial charge in [0, 0.05) is 38.9 Å². The summed E-state index contributed by atoms with van der Waals surface area (Å²) in [6, 6.07) is 14.9. The molecule has 6 nitrogen and oxygen atoms in total. The molecule has 0 radical (unpaired) electrons. The average Bonchev–Trinajstić information content (AvgIpc) is 3.02. The fourth-order valence-corrected chi connectivity index (χ4v) is 3.37. The van der Waals surface area contributed by atoms with Crippen LogP contribution in [0.15, 0.2) is 48.7 Å². The molecule has 1 atom stereocenters. The summed E-state index contributed by atoms with van der Waals surface area (Å²) in [4.78, 5) is 11.7. The molecule has 0 unspecified atom stereocenters. The Morgan fingerprint density at radius 1 is 1.15 bits per heavy atom. The number of rotatable bonds is 6. The zero-order chi connectivity index (χ0) is 17.9. The van der Waals surface area contributed by atoms with Crippen LogP contribution in [0.2, 0.25) is 0 Å². The van der Waals surface area contributed by atoms with E-state index in [1.807, 2.05) is 30.9 Å². The topological polar surface area (TPSA) is 58.9 Å². The van der Waals surface area contributed by atoms with E-state index < -0.39 is 0 Å². The second kappa shape index (κ2) is 7.25. The third-order valence-corrected chi connectivity index (χ3v) is 4.93. The number of likely N-dealkylation sites (tertiary alicyclic amines) is 1. The van der Waals surface area contributed by atoms with Gasteiger partial charge < -0.3 is 5.32 Å². The summed E-state index contributed by atoms with van der Waals surface area (Å²) in [6.45, 7) is 4.71. The molecule has 1 aromatic carbocycles. The second-order valence-corrected chi connectivity index (χ2v) is 6.79. The number of aryl methyl sites for hydroxylation is 2. The third-order valence-electron chi connectivity index (χ3n) is 4.93. The molecule has 1 N–H and O–H groups in total. The first kappa shape index (κ1) is 16.7. The van der Waals surface area contributed by atoms with Crippen LogP contribution in [0.3, 0.4) is 0 Å². The predicted octanol–water partition coefficient (Wildman–Crippen LogP) is 3.08. The molecule has 0 saturated carbocycles. The molecule has 1 fully saturated rings. The van der Waals surface area contributed by atoms with Gasteiger partial charge in [-0.05, 0) is 25.0 Å². The van der Waals surface area contributed by atoms with Crippen LogP contribution in [0.25, 0.3) is 0 Å². The van der Waals surface area contributed by atoms with Crippen LogP contribution in [-0.4, -0.2) is 31.2 Å². The summed E-state index contributed by atoms with van der Waals surface area (Å²) in [5.41, 5.74) is 3.57. The molecule has 1 saturated heterocycles. The van der Waals surface area contributed by atoms with Crippen molar-refractivity contribution < 1.29 is 0 Å². The number of aromatic nitrogens is 4. The summed E-state index contributed by atoms with van der Waals surface area (Å²) >= 11 is 0. The quantitative estimate of drug-likeness (QED) is 0.742. The highest BCUT2D eigenvalue weighted by atomic mass is 15.3. The number of anilines is 1. The van der Waals surface area contributed by atoms with Crippen molar-refractivity contribution in [2.75, 3.05) is 11.9 Å². The van der Waals surface area contributed by atoms with Gasteiger partial charge in [0.1, 0.15) is 11.6 Å². The lowest BCUT2D eigenvalue weighted by Gasteiger charge is -2.40. The van der Waals surface area contributed by atoms with Crippen LogP contribution in [0, 0.1) is 6.92 Å². The molecule has 0 amide bonds. The number of benzene rings is 1. The monoisotopic (exact) mass is 348 g/mol. The van der Waals surface area contributed by atoms with Gasteiger partial charge in [0.05, 0.1) is 17.4 Å². The highest BCUT2D eigenvalue weighted by Gasteiger charge is 2.31. The Bertz CT molecular complexity index is 873. The number of nitrogens with one attached hydrogen (secondary N) is 1. The molecular formula is C20H24N6. The van der Waals surface area contributed by atoms with Crippen LogP contribution < -0.4 is 5.32 Å². The minimum Gasteiger partial charge on any atom is -0.366 e. The Labute approximate surface area is 153 Å². The smallest absolute Gasteiger partial charge is 0.130 e. The number of hydrogen-bond donors (Lipinski definition) is 1. The lowest BCUT2D eigenvalue weighted by molar-refractivity contribution is 0.0757. The Balaban J connectivity index is 1.46. The molecule has 2 aromatic heterocycles. The van der Waals surface area contributed by atoms with Crippen molar-refractivity contribution in [2.45, 2.75) is 32.5 Å². The lowest BCUT2D eigenvalue weighted by atomic mass is 9.98. The van der Waals surface area contributed by atoms with E-state index >= 15 is 0 Å². The van der Waals surface area contributed by atoms with Gasteiger partial charge in [0.15, 0.2) is 0 Å². The fraction of sp³-hybridized carbons (Fsp3) is 0.350. The molecule has 4 rings (SSSR count). The maximum Gasteiger partial charge on any atom is 0.130 e. The Morgan fingerprint density at radius 3 is 2.69 bits per heavy atom. The van der Waals surface area contributed by atoms with Crippen molar-refractivity contribution in [2.24, 2.45) is 7.05 Å². The highest BCUT2D eigenvalue weighted by molar-refractivity contribution is 5.38. The van der Waals surface area contributed by atoms with Gasteiger partial charge in [-0.1, -0.05) is 30.3 Å². The van der Waals surface area contributed by atoms with Gasteiger partial charge in [-0.15, -0.1) is 0 Å². The van der Waals surface area contributed by atoms with Gasteiger partial charge in [-0.2, -0.15) is 5.10 Å². The molecular weight excluding hydrogens is 324 g/mol. The molecule has 1 aliphatic rings. The standard InChI is InChI=1S/C20H24N6/c1-15-23-18(12-20(24-15)21-13-16-6-4-3-5-7-16)19-9-11-26(19)14-17-8-10-22-25(17)2/h3-8,10,12,19H,9,11,13-14H2,1-2H3,(H,21,23,24)/t19-/m1/s1. The number of hydrogen-bond acceptors (Lipinski definition) is 5. The minimum atomic E-state index is 0.351. The lowest BCUT2D eigenvalue weighted by Crippen LogP contribution is -2.41. The fourth-order valence-electron chi connectivity index (χ4n) is 3.37. The van der Waals surface area contributed by atoms with Crippen molar-refractivity contribution in [3.63, 3.8) is 0 Å². The summed E-state index contributed by atoms with van der Waals surface area (Å²) in [6.07, 6.45) is 2.98. The van der Waals surface area contributed by atoms with E-state index in [1.165, 1.54) is 11.3 Å². The highest BCUT2D eigenvalue weighted by Crippen LogP contribution is 2.34. The SMILES string of the molecule is Cc1nc(NCc2ccccc2)cc([C@H]2CCN2Cc2ccnn2C)n1. The molecule has 0 aliphatic carbocycles. The van der Waals surface area contributed by atoms with Crippen LogP contribution >= 0.6 is 0 Å². The molecule has 26 heavy (non-hydrogen) atoms. The van der Waals surface area contributed by atoms with E-state index in [4.69, 9.17) is 4.98 Å². The molecule has 1 aliphatic heterocycles. The Hall–Kier alpha value is -2.73. The first-order valence-electron chi connectivity index (χ1n) is 9.03. The van der Waals surface area contributed by atoms with E-state index in [2.05, 4.69) is 56.7 Å². The van der Waals surface area contributed by atoms with Gasteiger partial charge in [-0.25, -0.2) is 9.97 Å². The van der Waals surface area contributed by atoms with Crippen molar-refractivity contribution in [3.05, 3.63) is 71.4 Å². The van der Waals surface area contributed by atoms with E-state index in [1.54, 1.807) is 0 Å². The largest absolute Gasteiger partial charge is 0.366 e. The maximum absolute atomic E-state index is 4.70. The van der Waals surface area contributed by atoms with Gasteiger partial charge in [-0.3, -0.25) is 9.58 Å². The zero-order valence-corrected chi connectivity index (χ0v) is 15.3.